The van der Waals surface area contributed by atoms with Gasteiger partial charge in [0, 0.05) is 11.4 Å². The number of amides is 1. The molecule has 0 aromatic heterocycles. The van der Waals surface area contributed by atoms with Crippen LogP contribution in [0.25, 0.3) is 0 Å². The van der Waals surface area contributed by atoms with E-state index in [1.807, 2.05) is 31.2 Å². The van der Waals surface area contributed by atoms with E-state index in [1.54, 1.807) is 12.1 Å². The van der Waals surface area contributed by atoms with Crippen LogP contribution in [0.2, 0.25) is 0 Å². The summed E-state index contributed by atoms with van der Waals surface area (Å²) in [6.07, 6.45) is 0. The van der Waals surface area contributed by atoms with Gasteiger partial charge in [-0.2, -0.15) is 8.78 Å². The Kier molecular flexibility index (Phi) is 6.40. The predicted octanol–water partition coefficient (Wildman–Crippen LogP) is 4.00. The molecule has 0 aliphatic carbocycles. The number of thioether (sulfide) groups is 1. The zero-order valence-electron chi connectivity index (χ0n) is 12.6. The lowest BCUT2D eigenvalue weighted by Gasteiger charge is -2.08. The standard InChI is InChI=1S/C17H17F2NO2S/c1-12-4-2-3-5-15(12)23-11-16(21)20-10-13-6-8-14(9-7-13)22-17(18)19/h2-9,17H,10-11H2,1H3,(H,20,21). The molecular weight excluding hydrogens is 320 g/mol. The van der Waals surface area contributed by atoms with Crippen LogP contribution in [0.15, 0.2) is 53.4 Å². The summed E-state index contributed by atoms with van der Waals surface area (Å²) in [7, 11) is 0. The van der Waals surface area contributed by atoms with Gasteiger partial charge in [0.15, 0.2) is 0 Å². The molecule has 2 aromatic carbocycles. The number of hydrogen-bond donors (Lipinski definition) is 1. The van der Waals surface area contributed by atoms with Crippen molar-refractivity contribution >= 4 is 17.7 Å². The first-order valence-electron chi connectivity index (χ1n) is 7.03. The predicted molar refractivity (Wildman–Crippen MR) is 86.8 cm³/mol. The monoisotopic (exact) mass is 337 g/mol. The Morgan fingerprint density at radius 1 is 1.17 bits per heavy atom. The maximum absolute atomic E-state index is 12.0. The van der Waals surface area contributed by atoms with Crippen molar-refractivity contribution in [1.82, 2.24) is 5.32 Å². The van der Waals surface area contributed by atoms with Crippen molar-refractivity contribution < 1.29 is 18.3 Å². The number of carbonyl (C=O) groups excluding carboxylic acids is 1. The number of carbonyl (C=O) groups is 1. The summed E-state index contributed by atoms with van der Waals surface area (Å²) >= 11 is 1.48. The second kappa shape index (κ2) is 8.53. The fraction of sp³-hybridized carbons (Fsp3) is 0.235. The lowest BCUT2D eigenvalue weighted by molar-refractivity contribution is -0.118. The molecule has 0 unspecified atom stereocenters. The maximum atomic E-state index is 12.0. The van der Waals surface area contributed by atoms with Gasteiger partial charge in [-0.1, -0.05) is 30.3 Å². The van der Waals surface area contributed by atoms with E-state index in [2.05, 4.69) is 10.1 Å². The molecule has 0 heterocycles. The van der Waals surface area contributed by atoms with Crippen LogP contribution in [0.3, 0.4) is 0 Å². The third-order valence-corrected chi connectivity index (χ3v) is 4.27. The summed E-state index contributed by atoms with van der Waals surface area (Å²) in [5.41, 5.74) is 1.96. The van der Waals surface area contributed by atoms with Gasteiger partial charge in [-0.15, -0.1) is 11.8 Å². The minimum atomic E-state index is -2.83. The molecule has 6 heteroatoms. The SMILES string of the molecule is Cc1ccccc1SCC(=O)NCc1ccc(OC(F)F)cc1. The highest BCUT2D eigenvalue weighted by Gasteiger charge is 2.06. The first-order valence-corrected chi connectivity index (χ1v) is 8.02. The molecule has 2 aromatic rings. The van der Waals surface area contributed by atoms with Gasteiger partial charge in [-0.3, -0.25) is 4.79 Å². The number of nitrogens with one attached hydrogen (secondary N) is 1. The molecule has 0 radical (unpaired) electrons. The number of alkyl halides is 2. The van der Waals surface area contributed by atoms with E-state index >= 15 is 0 Å². The molecule has 0 spiro atoms. The fourth-order valence-corrected chi connectivity index (χ4v) is 2.76. The van der Waals surface area contributed by atoms with Crippen LogP contribution in [0.4, 0.5) is 8.78 Å². The lowest BCUT2D eigenvalue weighted by atomic mass is 10.2. The highest BCUT2D eigenvalue weighted by atomic mass is 32.2. The van der Waals surface area contributed by atoms with Crippen molar-refractivity contribution in [2.24, 2.45) is 0 Å². The van der Waals surface area contributed by atoms with Crippen molar-refractivity contribution in [3.8, 4) is 5.75 Å². The Hall–Kier alpha value is -2.08. The molecule has 122 valence electrons. The smallest absolute Gasteiger partial charge is 0.387 e. The van der Waals surface area contributed by atoms with Gasteiger partial charge in [0.05, 0.1) is 5.75 Å². The van der Waals surface area contributed by atoms with E-state index in [0.717, 1.165) is 16.0 Å². The summed E-state index contributed by atoms with van der Waals surface area (Å²) in [6.45, 7) is -0.482. The molecule has 0 aliphatic heterocycles. The second-order valence-corrected chi connectivity index (χ2v) is 5.87. The zero-order valence-corrected chi connectivity index (χ0v) is 13.4. The highest BCUT2D eigenvalue weighted by molar-refractivity contribution is 8.00. The maximum Gasteiger partial charge on any atom is 0.387 e. The number of rotatable bonds is 7. The Bertz CT molecular complexity index is 647. The average molecular weight is 337 g/mol. The molecule has 0 saturated heterocycles. The average Bonchev–Trinajstić information content (AvgIpc) is 2.53. The van der Waals surface area contributed by atoms with Gasteiger partial charge < -0.3 is 10.1 Å². The van der Waals surface area contributed by atoms with Crippen molar-refractivity contribution in [2.75, 3.05) is 5.75 Å². The van der Waals surface area contributed by atoms with E-state index in [4.69, 9.17) is 0 Å². The minimum Gasteiger partial charge on any atom is -0.435 e. The van der Waals surface area contributed by atoms with Gasteiger partial charge >= 0.3 is 6.61 Å². The largest absolute Gasteiger partial charge is 0.435 e. The summed E-state index contributed by atoms with van der Waals surface area (Å²) in [6, 6.07) is 14.1. The van der Waals surface area contributed by atoms with Crippen LogP contribution in [0.5, 0.6) is 5.75 Å². The molecule has 0 fully saturated rings. The Labute approximate surface area is 138 Å². The van der Waals surface area contributed by atoms with Gasteiger partial charge in [0.2, 0.25) is 5.91 Å². The molecule has 2 rings (SSSR count). The topological polar surface area (TPSA) is 38.3 Å². The number of halogens is 2. The Balaban J connectivity index is 1.77. The summed E-state index contributed by atoms with van der Waals surface area (Å²) < 4.78 is 28.4. The zero-order chi connectivity index (χ0) is 16.7. The van der Waals surface area contributed by atoms with Gasteiger partial charge in [-0.25, -0.2) is 0 Å². The van der Waals surface area contributed by atoms with Crippen molar-refractivity contribution in [1.29, 1.82) is 0 Å². The van der Waals surface area contributed by atoms with Crippen LogP contribution in [0.1, 0.15) is 11.1 Å². The first kappa shape index (κ1) is 17.3. The molecule has 0 saturated carbocycles. The quantitative estimate of drug-likeness (QED) is 0.776. The van der Waals surface area contributed by atoms with Gasteiger partial charge in [0.25, 0.3) is 0 Å². The highest BCUT2D eigenvalue weighted by Crippen LogP contribution is 2.21. The molecule has 1 amide bonds. The fourth-order valence-electron chi connectivity index (χ4n) is 1.90. The number of hydrogen-bond acceptors (Lipinski definition) is 3. The first-order chi connectivity index (χ1) is 11.0. The van der Waals surface area contributed by atoms with Crippen molar-refractivity contribution in [3.05, 3.63) is 59.7 Å². The van der Waals surface area contributed by atoms with E-state index in [0.29, 0.717) is 12.3 Å². The number of aryl methyl sites for hydroxylation is 1. The molecule has 0 bridgehead atoms. The van der Waals surface area contributed by atoms with Gasteiger partial charge in [-0.05, 0) is 36.2 Å². The van der Waals surface area contributed by atoms with E-state index in [-0.39, 0.29) is 11.7 Å². The summed E-state index contributed by atoms with van der Waals surface area (Å²) in [4.78, 5) is 12.9. The third kappa shape index (κ3) is 5.90. The minimum absolute atomic E-state index is 0.0776. The van der Waals surface area contributed by atoms with Crippen LogP contribution < -0.4 is 10.1 Å². The molecule has 23 heavy (non-hydrogen) atoms. The lowest BCUT2D eigenvalue weighted by Crippen LogP contribution is -2.24. The molecular formula is C17H17F2NO2S. The molecule has 0 atom stereocenters. The molecule has 0 aliphatic rings. The molecule has 3 nitrogen and oxygen atoms in total. The van der Waals surface area contributed by atoms with E-state index < -0.39 is 6.61 Å². The van der Waals surface area contributed by atoms with Crippen molar-refractivity contribution in [3.63, 3.8) is 0 Å². The number of benzene rings is 2. The molecule has 1 N–H and O–H groups in total. The number of ether oxygens (including phenoxy) is 1. The van der Waals surface area contributed by atoms with Crippen LogP contribution >= 0.6 is 11.8 Å². The summed E-state index contributed by atoms with van der Waals surface area (Å²) in [5.74, 6) is 0.355. The van der Waals surface area contributed by atoms with E-state index in [1.165, 1.54) is 23.9 Å². The normalized spacial score (nSPS) is 10.6. The van der Waals surface area contributed by atoms with Gasteiger partial charge in [0.1, 0.15) is 5.75 Å². The van der Waals surface area contributed by atoms with Crippen LogP contribution in [-0.4, -0.2) is 18.3 Å². The van der Waals surface area contributed by atoms with E-state index in [9.17, 15) is 13.6 Å². The van der Waals surface area contributed by atoms with Crippen LogP contribution in [0, 0.1) is 6.92 Å². The third-order valence-electron chi connectivity index (χ3n) is 3.09. The summed E-state index contributed by atoms with van der Waals surface area (Å²) in [5, 5.41) is 2.80. The van der Waals surface area contributed by atoms with Crippen LogP contribution in [-0.2, 0) is 11.3 Å². The Morgan fingerprint density at radius 3 is 2.52 bits per heavy atom. The van der Waals surface area contributed by atoms with Crippen molar-refractivity contribution in [2.45, 2.75) is 25.0 Å². The second-order valence-electron chi connectivity index (χ2n) is 4.85. The Morgan fingerprint density at radius 2 is 1.87 bits per heavy atom.